The van der Waals surface area contributed by atoms with Crippen molar-refractivity contribution in [2.75, 3.05) is 0 Å². The predicted octanol–water partition coefficient (Wildman–Crippen LogP) is 3.29. The highest BCUT2D eigenvalue weighted by molar-refractivity contribution is 6.49. The third-order valence-electron chi connectivity index (χ3n) is 2.35. The number of hydrogen-bond donors (Lipinski definition) is 0. The van der Waals surface area contributed by atoms with E-state index in [0.29, 0.717) is 11.5 Å². The molecule has 1 aliphatic heterocycles. The van der Waals surface area contributed by atoms with Gasteiger partial charge in [-0.1, -0.05) is 19.1 Å². The summed E-state index contributed by atoms with van der Waals surface area (Å²) in [5.41, 5.74) is 0. The summed E-state index contributed by atoms with van der Waals surface area (Å²) < 4.78 is 47.1. The van der Waals surface area contributed by atoms with Crippen LogP contribution >= 0.6 is 0 Å². The number of hydrogen-bond acceptors (Lipinski definition) is 2. The molecule has 0 unspecified atom stereocenters. The summed E-state index contributed by atoms with van der Waals surface area (Å²) in [6.45, 7) is 1.46. The van der Waals surface area contributed by atoms with E-state index in [-0.39, 0.29) is 0 Å². The topological polar surface area (TPSA) is 18.5 Å². The van der Waals surface area contributed by atoms with Gasteiger partial charge >= 0.3 is 13.3 Å². The van der Waals surface area contributed by atoms with Gasteiger partial charge in [0.2, 0.25) is 0 Å². The van der Waals surface area contributed by atoms with Gasteiger partial charge in [0, 0.05) is 12.2 Å². The molecule has 0 spiro atoms. The van der Waals surface area contributed by atoms with Crippen LogP contribution in [0.5, 0.6) is 11.5 Å². The van der Waals surface area contributed by atoms with Gasteiger partial charge in [-0.05, 0) is 12.1 Å². The minimum absolute atomic E-state index is 0.501. The summed E-state index contributed by atoms with van der Waals surface area (Å²) in [4.78, 5) is 0. The molecular weight excluding hydrogens is 220 g/mol. The molecule has 2 rings (SSSR count). The molecule has 0 fully saturated rings. The van der Waals surface area contributed by atoms with Crippen molar-refractivity contribution in [1.29, 1.82) is 0 Å². The Kier molecular flexibility index (Phi) is 2.74. The molecule has 0 N–H and O–H groups in total. The second-order valence-electron chi connectivity index (χ2n) is 3.85. The average Bonchev–Trinajstić information content (AvgIpc) is 2.58. The van der Waals surface area contributed by atoms with Gasteiger partial charge < -0.3 is 9.31 Å². The molecule has 0 aromatic heterocycles. The summed E-state index contributed by atoms with van der Waals surface area (Å²) in [6, 6.07) is 6.85. The Balaban J connectivity index is 2.01. The Morgan fingerprint density at radius 2 is 1.69 bits per heavy atom. The van der Waals surface area contributed by atoms with Crippen LogP contribution in [-0.4, -0.2) is 13.3 Å². The van der Waals surface area contributed by atoms with Crippen molar-refractivity contribution in [3.63, 3.8) is 0 Å². The van der Waals surface area contributed by atoms with Crippen LogP contribution in [-0.2, 0) is 0 Å². The zero-order valence-corrected chi connectivity index (χ0v) is 8.62. The third kappa shape index (κ3) is 2.43. The lowest BCUT2D eigenvalue weighted by Gasteiger charge is -2.14. The molecule has 1 atom stereocenters. The van der Waals surface area contributed by atoms with Crippen molar-refractivity contribution >= 4 is 7.12 Å². The minimum atomic E-state index is -4.19. The zero-order chi connectivity index (χ0) is 11.8. The molecule has 2 nitrogen and oxygen atoms in total. The van der Waals surface area contributed by atoms with Gasteiger partial charge in [-0.3, -0.25) is 0 Å². The van der Waals surface area contributed by atoms with Crippen molar-refractivity contribution in [1.82, 2.24) is 0 Å². The van der Waals surface area contributed by atoms with Crippen LogP contribution in [0.2, 0.25) is 5.82 Å². The molecule has 0 amide bonds. The summed E-state index contributed by atoms with van der Waals surface area (Å²) in [5, 5.41) is 0. The summed E-state index contributed by atoms with van der Waals surface area (Å²) in [5.74, 6) is 0.274. The lowest BCUT2D eigenvalue weighted by Crippen LogP contribution is -2.32. The fourth-order valence-electron chi connectivity index (χ4n) is 1.61. The number of benzene rings is 1. The van der Waals surface area contributed by atoms with E-state index in [9.17, 15) is 13.2 Å². The van der Waals surface area contributed by atoms with Crippen LogP contribution < -0.4 is 9.31 Å². The van der Waals surface area contributed by atoms with E-state index in [1.54, 1.807) is 24.3 Å². The highest BCUT2D eigenvalue weighted by Crippen LogP contribution is 2.38. The van der Waals surface area contributed by atoms with E-state index in [0.717, 1.165) is 0 Å². The van der Waals surface area contributed by atoms with Gasteiger partial charge in [0.25, 0.3) is 0 Å². The first-order valence-corrected chi connectivity index (χ1v) is 4.95. The molecule has 1 aliphatic rings. The predicted molar refractivity (Wildman–Crippen MR) is 53.5 cm³/mol. The molecule has 0 bridgehead atoms. The van der Waals surface area contributed by atoms with Gasteiger partial charge in [-0.15, -0.1) is 0 Å². The standard InChI is InChI=1S/C10H10BF3O2/c1-7(6-10(12,13)14)11-15-8-4-2-3-5-9(8)16-11/h2-5,7H,6H2,1H3/t7-/m1/s1. The first kappa shape index (κ1) is 11.2. The van der Waals surface area contributed by atoms with Crippen molar-refractivity contribution in [2.45, 2.75) is 25.3 Å². The lowest BCUT2D eigenvalue weighted by molar-refractivity contribution is -0.135. The number of alkyl halides is 3. The number of fused-ring (bicyclic) bond motifs is 1. The summed E-state index contributed by atoms with van der Waals surface area (Å²) in [7, 11) is -0.848. The quantitative estimate of drug-likeness (QED) is 0.725. The number of para-hydroxylation sites is 2. The normalized spacial score (nSPS) is 16.4. The highest BCUT2D eigenvalue weighted by Gasteiger charge is 2.43. The van der Waals surface area contributed by atoms with E-state index in [1.807, 2.05) is 0 Å². The monoisotopic (exact) mass is 230 g/mol. The van der Waals surface area contributed by atoms with Gasteiger partial charge in [0.05, 0.1) is 0 Å². The maximum absolute atomic E-state index is 12.2. The smallest absolute Gasteiger partial charge is 0.523 e. The summed E-state index contributed by atoms with van der Waals surface area (Å²) in [6.07, 6.45) is -5.10. The van der Waals surface area contributed by atoms with Crippen LogP contribution in [0.3, 0.4) is 0 Å². The Morgan fingerprint density at radius 3 is 2.12 bits per heavy atom. The second kappa shape index (κ2) is 3.92. The Morgan fingerprint density at radius 1 is 1.19 bits per heavy atom. The minimum Gasteiger partial charge on any atom is -0.523 e. The number of halogens is 3. The van der Waals surface area contributed by atoms with Crippen LogP contribution in [0, 0.1) is 0 Å². The molecule has 86 valence electrons. The van der Waals surface area contributed by atoms with Crippen LogP contribution in [0.4, 0.5) is 13.2 Å². The van der Waals surface area contributed by atoms with Crippen molar-refractivity contribution in [2.24, 2.45) is 0 Å². The fraction of sp³-hybridized carbons (Fsp3) is 0.400. The van der Waals surface area contributed by atoms with Crippen molar-refractivity contribution in [3.05, 3.63) is 24.3 Å². The van der Waals surface area contributed by atoms with Crippen molar-refractivity contribution in [3.8, 4) is 11.5 Å². The van der Waals surface area contributed by atoms with E-state index < -0.39 is 25.5 Å². The largest absolute Gasteiger partial charge is 0.598 e. The average molecular weight is 230 g/mol. The molecule has 6 heteroatoms. The maximum Gasteiger partial charge on any atom is 0.598 e. The third-order valence-corrected chi connectivity index (χ3v) is 2.35. The first-order valence-electron chi connectivity index (χ1n) is 4.95. The van der Waals surface area contributed by atoms with E-state index in [4.69, 9.17) is 9.31 Å². The van der Waals surface area contributed by atoms with Crippen LogP contribution in [0.1, 0.15) is 13.3 Å². The Hall–Kier alpha value is -1.33. The van der Waals surface area contributed by atoms with Crippen LogP contribution in [0.15, 0.2) is 24.3 Å². The zero-order valence-electron chi connectivity index (χ0n) is 8.62. The second-order valence-corrected chi connectivity index (χ2v) is 3.85. The van der Waals surface area contributed by atoms with Crippen molar-refractivity contribution < 1.29 is 22.5 Å². The molecule has 16 heavy (non-hydrogen) atoms. The number of rotatable bonds is 2. The maximum atomic E-state index is 12.2. The van der Waals surface area contributed by atoms with E-state index >= 15 is 0 Å². The molecule has 1 aromatic carbocycles. The molecule has 0 aliphatic carbocycles. The molecular formula is C10H10BF3O2. The van der Waals surface area contributed by atoms with Gasteiger partial charge in [0.15, 0.2) is 0 Å². The molecule has 0 radical (unpaired) electrons. The van der Waals surface area contributed by atoms with E-state index in [2.05, 4.69) is 0 Å². The highest BCUT2D eigenvalue weighted by atomic mass is 19.4. The molecule has 0 saturated carbocycles. The SMILES string of the molecule is C[C@H](CC(F)(F)F)B1Oc2ccccc2O1. The van der Waals surface area contributed by atoms with Crippen LogP contribution in [0.25, 0.3) is 0 Å². The fourth-order valence-corrected chi connectivity index (χ4v) is 1.61. The first-order chi connectivity index (χ1) is 7.46. The molecule has 1 heterocycles. The lowest BCUT2D eigenvalue weighted by atomic mass is 9.71. The molecule has 0 saturated heterocycles. The summed E-state index contributed by atoms with van der Waals surface area (Å²) >= 11 is 0. The Labute approximate surface area is 91.5 Å². The van der Waals surface area contributed by atoms with Gasteiger partial charge in [-0.25, -0.2) is 0 Å². The van der Waals surface area contributed by atoms with Gasteiger partial charge in [-0.2, -0.15) is 13.2 Å². The van der Waals surface area contributed by atoms with Gasteiger partial charge in [0.1, 0.15) is 11.5 Å². The van der Waals surface area contributed by atoms with E-state index in [1.165, 1.54) is 6.92 Å². The molecule has 1 aromatic rings. The Bertz CT molecular complexity index is 356.